The van der Waals surface area contributed by atoms with Crippen molar-refractivity contribution in [3.63, 3.8) is 0 Å². The van der Waals surface area contributed by atoms with E-state index in [2.05, 4.69) is 38.1 Å². The highest BCUT2D eigenvalue weighted by atomic mass is 16.7. The lowest BCUT2D eigenvalue weighted by atomic mass is 10.0. The van der Waals surface area contributed by atoms with Gasteiger partial charge in [-0.05, 0) is 31.2 Å². The Balaban J connectivity index is 1.35. The molecule has 2 fully saturated rings. The van der Waals surface area contributed by atoms with Crippen LogP contribution in [0, 0.1) is 11.8 Å². The molecule has 0 spiro atoms. The lowest BCUT2D eigenvalue weighted by Crippen LogP contribution is -2.33. The molecule has 0 atom stereocenters. The first-order valence-corrected chi connectivity index (χ1v) is 10.3. The van der Waals surface area contributed by atoms with Crippen LogP contribution in [0.5, 0.6) is 0 Å². The Morgan fingerprint density at radius 1 is 0.731 bits per heavy atom. The molecule has 0 aromatic heterocycles. The summed E-state index contributed by atoms with van der Waals surface area (Å²) >= 11 is 0. The van der Waals surface area contributed by atoms with Gasteiger partial charge in [0.15, 0.2) is 12.6 Å². The van der Waals surface area contributed by atoms with E-state index in [9.17, 15) is 0 Å². The van der Waals surface area contributed by atoms with Gasteiger partial charge in [-0.1, -0.05) is 51.0 Å². The van der Waals surface area contributed by atoms with Gasteiger partial charge in [-0.3, -0.25) is 0 Å². The van der Waals surface area contributed by atoms with Gasteiger partial charge in [0.2, 0.25) is 0 Å². The summed E-state index contributed by atoms with van der Waals surface area (Å²) in [5, 5.41) is 0. The van der Waals surface area contributed by atoms with Crippen LogP contribution in [0.1, 0.15) is 63.4 Å². The van der Waals surface area contributed by atoms with Crippen LogP contribution in [0.4, 0.5) is 0 Å². The predicted octanol–water partition coefficient (Wildman–Crippen LogP) is 4.87. The highest BCUT2D eigenvalue weighted by molar-refractivity contribution is 5.23. The van der Waals surface area contributed by atoms with Gasteiger partial charge >= 0.3 is 0 Å². The third-order valence-electron chi connectivity index (χ3n) is 5.30. The normalized spacial score (nSPS) is 29.6. The molecular formula is C22H34O4. The zero-order chi connectivity index (χ0) is 18.2. The van der Waals surface area contributed by atoms with Crippen LogP contribution in [-0.2, 0) is 25.4 Å². The first-order chi connectivity index (χ1) is 12.8. The number of hydrogen-bond acceptors (Lipinski definition) is 4. The van der Waals surface area contributed by atoms with Crippen molar-refractivity contribution < 1.29 is 18.9 Å². The summed E-state index contributed by atoms with van der Waals surface area (Å²) in [5.74, 6) is 0.994. The minimum Gasteiger partial charge on any atom is -0.352 e. The SMILES string of the molecule is CCCc1ccc([C@H]2OC[C@H](CC[C@H]3OC[C@H](CCC)CO3)CO2)cc1. The molecule has 0 amide bonds. The molecule has 2 heterocycles. The summed E-state index contributed by atoms with van der Waals surface area (Å²) in [7, 11) is 0. The van der Waals surface area contributed by atoms with E-state index >= 15 is 0 Å². The van der Waals surface area contributed by atoms with Crippen molar-refractivity contribution in [3.8, 4) is 0 Å². The topological polar surface area (TPSA) is 36.9 Å². The number of benzene rings is 1. The molecule has 3 rings (SSSR count). The molecule has 1 aromatic rings. The Morgan fingerprint density at radius 3 is 1.96 bits per heavy atom. The average Bonchev–Trinajstić information content (AvgIpc) is 2.69. The Kier molecular flexibility index (Phi) is 7.93. The monoisotopic (exact) mass is 362 g/mol. The van der Waals surface area contributed by atoms with Gasteiger partial charge in [-0.25, -0.2) is 0 Å². The van der Waals surface area contributed by atoms with Gasteiger partial charge in [-0.15, -0.1) is 0 Å². The van der Waals surface area contributed by atoms with Crippen molar-refractivity contribution >= 4 is 0 Å². The fourth-order valence-corrected chi connectivity index (χ4v) is 3.73. The largest absolute Gasteiger partial charge is 0.352 e. The number of rotatable bonds is 8. The molecule has 0 bridgehead atoms. The number of aryl methyl sites for hydroxylation is 1. The Bertz CT molecular complexity index is 499. The van der Waals surface area contributed by atoms with Gasteiger partial charge in [0, 0.05) is 17.4 Å². The van der Waals surface area contributed by atoms with Crippen LogP contribution in [0.15, 0.2) is 24.3 Å². The fourth-order valence-electron chi connectivity index (χ4n) is 3.73. The van der Waals surface area contributed by atoms with Crippen molar-refractivity contribution in [3.05, 3.63) is 35.4 Å². The number of ether oxygens (including phenoxy) is 4. The standard InChI is InChI=1S/C22H34O4/c1-3-5-17-7-10-20(11-8-17)22-25-15-19(16-26-22)9-12-21-23-13-18(6-4-2)14-24-21/h7-8,10-11,18-19,21-22H,3-6,9,12-16H2,1-2H3/t18-,19-,21-,22-. The van der Waals surface area contributed by atoms with Gasteiger partial charge in [-0.2, -0.15) is 0 Å². The van der Waals surface area contributed by atoms with Crippen molar-refractivity contribution in [2.45, 2.75) is 65.0 Å². The molecule has 0 saturated carbocycles. The van der Waals surface area contributed by atoms with Crippen LogP contribution in [0.3, 0.4) is 0 Å². The molecule has 146 valence electrons. The fraction of sp³-hybridized carbons (Fsp3) is 0.727. The molecule has 0 N–H and O–H groups in total. The summed E-state index contributed by atoms with van der Waals surface area (Å²) in [6.45, 7) is 7.58. The third kappa shape index (κ3) is 5.78. The van der Waals surface area contributed by atoms with E-state index in [4.69, 9.17) is 18.9 Å². The van der Waals surface area contributed by atoms with Crippen LogP contribution >= 0.6 is 0 Å². The average molecular weight is 363 g/mol. The molecule has 4 heteroatoms. The van der Waals surface area contributed by atoms with Crippen molar-refractivity contribution in [1.82, 2.24) is 0 Å². The Morgan fingerprint density at radius 2 is 1.35 bits per heavy atom. The van der Waals surface area contributed by atoms with E-state index in [1.165, 1.54) is 24.8 Å². The van der Waals surface area contributed by atoms with Crippen LogP contribution < -0.4 is 0 Å². The first kappa shape index (κ1) is 19.8. The van der Waals surface area contributed by atoms with Crippen LogP contribution in [0.2, 0.25) is 0 Å². The van der Waals surface area contributed by atoms with E-state index in [0.717, 1.165) is 51.3 Å². The second-order valence-electron chi connectivity index (χ2n) is 7.68. The molecule has 0 unspecified atom stereocenters. The van der Waals surface area contributed by atoms with Crippen molar-refractivity contribution in [1.29, 1.82) is 0 Å². The Labute approximate surface area is 158 Å². The van der Waals surface area contributed by atoms with Crippen molar-refractivity contribution in [2.24, 2.45) is 11.8 Å². The van der Waals surface area contributed by atoms with Crippen LogP contribution in [0.25, 0.3) is 0 Å². The predicted molar refractivity (Wildman–Crippen MR) is 102 cm³/mol. The van der Waals surface area contributed by atoms with Gasteiger partial charge in [0.05, 0.1) is 26.4 Å². The first-order valence-electron chi connectivity index (χ1n) is 10.3. The van der Waals surface area contributed by atoms with E-state index in [1.807, 2.05) is 0 Å². The van der Waals surface area contributed by atoms with Gasteiger partial charge in [0.25, 0.3) is 0 Å². The summed E-state index contributed by atoms with van der Waals surface area (Å²) in [6.07, 6.45) is 6.35. The summed E-state index contributed by atoms with van der Waals surface area (Å²) in [6, 6.07) is 8.63. The maximum atomic E-state index is 5.96. The van der Waals surface area contributed by atoms with E-state index in [0.29, 0.717) is 11.8 Å². The minimum absolute atomic E-state index is 0.0491. The molecule has 4 nitrogen and oxygen atoms in total. The van der Waals surface area contributed by atoms with E-state index in [-0.39, 0.29) is 12.6 Å². The molecular weight excluding hydrogens is 328 g/mol. The second-order valence-corrected chi connectivity index (χ2v) is 7.68. The molecule has 1 aromatic carbocycles. The van der Waals surface area contributed by atoms with Crippen molar-refractivity contribution in [2.75, 3.05) is 26.4 Å². The highest BCUT2D eigenvalue weighted by Crippen LogP contribution is 2.28. The molecule has 2 aliphatic heterocycles. The van der Waals surface area contributed by atoms with E-state index in [1.54, 1.807) is 0 Å². The zero-order valence-corrected chi connectivity index (χ0v) is 16.3. The molecule has 0 aliphatic carbocycles. The molecule has 26 heavy (non-hydrogen) atoms. The van der Waals surface area contributed by atoms with Crippen LogP contribution in [-0.4, -0.2) is 32.7 Å². The van der Waals surface area contributed by atoms with Gasteiger partial charge < -0.3 is 18.9 Å². The smallest absolute Gasteiger partial charge is 0.183 e. The Hall–Kier alpha value is -0.940. The molecule has 0 radical (unpaired) electrons. The summed E-state index contributed by atoms with van der Waals surface area (Å²) in [5.41, 5.74) is 2.49. The summed E-state index contributed by atoms with van der Waals surface area (Å²) < 4.78 is 23.6. The third-order valence-corrected chi connectivity index (χ3v) is 5.30. The maximum Gasteiger partial charge on any atom is 0.183 e. The lowest BCUT2D eigenvalue weighted by molar-refractivity contribution is -0.220. The quantitative estimate of drug-likeness (QED) is 0.661. The maximum absolute atomic E-state index is 5.96. The second kappa shape index (κ2) is 10.4. The minimum atomic E-state index is -0.223. The zero-order valence-electron chi connectivity index (χ0n) is 16.3. The van der Waals surface area contributed by atoms with Gasteiger partial charge in [0.1, 0.15) is 0 Å². The highest BCUT2D eigenvalue weighted by Gasteiger charge is 2.26. The number of hydrogen-bond donors (Lipinski definition) is 0. The molecule has 2 saturated heterocycles. The molecule has 2 aliphatic rings. The summed E-state index contributed by atoms with van der Waals surface area (Å²) in [4.78, 5) is 0. The van der Waals surface area contributed by atoms with E-state index < -0.39 is 0 Å². The lowest BCUT2D eigenvalue weighted by Gasteiger charge is -2.32.